The highest BCUT2D eigenvalue weighted by atomic mass is 16.5. The van der Waals surface area contributed by atoms with Crippen molar-refractivity contribution in [3.05, 3.63) is 34.9 Å². The van der Waals surface area contributed by atoms with E-state index in [1.54, 1.807) is 6.07 Å². The van der Waals surface area contributed by atoms with E-state index < -0.39 is 6.10 Å². The molecular formula is C20H22N2O4. The standard InChI is InChI=1S/C20H22N2O4/c1-22-6-4-20-12-2-3-14(23)18(20)26-17-15(24)9-11(19-21-5-7-25-19)10(16(17)20)8-13(12)22/h2-3,9,12-14,18,23-24H,4-8H2,1H3/t12-,13+,14-,18-,20-/m0/s1. The van der Waals surface area contributed by atoms with E-state index in [0.717, 1.165) is 30.5 Å². The van der Waals surface area contributed by atoms with E-state index in [0.29, 0.717) is 30.8 Å². The topological polar surface area (TPSA) is 74.5 Å². The molecule has 2 aliphatic carbocycles. The van der Waals surface area contributed by atoms with Crippen LogP contribution in [0.25, 0.3) is 0 Å². The average Bonchev–Trinajstić information content (AvgIpc) is 3.27. The maximum absolute atomic E-state index is 10.7. The SMILES string of the molecule is CN1CC[C@]23c4c5c(C6=NCCO6)cc(O)c4O[C@H]2[C@@H](O)C=C[C@H]3[C@H]1C5. The van der Waals surface area contributed by atoms with Gasteiger partial charge in [-0.1, -0.05) is 12.2 Å². The lowest BCUT2D eigenvalue weighted by atomic mass is 9.53. The Morgan fingerprint density at radius 1 is 1.35 bits per heavy atom. The lowest BCUT2D eigenvalue weighted by molar-refractivity contribution is -0.0453. The summed E-state index contributed by atoms with van der Waals surface area (Å²) in [5.41, 5.74) is 2.89. The van der Waals surface area contributed by atoms with Crippen molar-refractivity contribution >= 4 is 5.90 Å². The molecule has 1 fully saturated rings. The second kappa shape index (κ2) is 4.81. The van der Waals surface area contributed by atoms with Gasteiger partial charge in [-0.15, -0.1) is 0 Å². The van der Waals surface area contributed by atoms with Crippen molar-refractivity contribution < 1.29 is 19.7 Å². The van der Waals surface area contributed by atoms with Crippen molar-refractivity contribution in [1.82, 2.24) is 4.90 Å². The van der Waals surface area contributed by atoms with E-state index >= 15 is 0 Å². The fourth-order valence-electron chi connectivity index (χ4n) is 6.01. The zero-order valence-electron chi connectivity index (χ0n) is 14.7. The van der Waals surface area contributed by atoms with E-state index in [1.165, 1.54) is 5.56 Å². The number of aromatic hydroxyl groups is 1. The molecule has 2 N–H and O–H groups in total. The summed E-state index contributed by atoms with van der Waals surface area (Å²) in [4.78, 5) is 6.91. The van der Waals surface area contributed by atoms with Crippen molar-refractivity contribution in [1.29, 1.82) is 0 Å². The number of piperidine rings is 1. The predicted octanol–water partition coefficient (Wildman–Crippen LogP) is 0.975. The zero-order valence-corrected chi connectivity index (χ0v) is 14.7. The number of benzene rings is 1. The van der Waals surface area contributed by atoms with Crippen molar-refractivity contribution in [2.75, 3.05) is 26.7 Å². The maximum atomic E-state index is 10.7. The number of aliphatic hydroxyl groups is 1. The molecule has 6 rings (SSSR count). The largest absolute Gasteiger partial charge is 0.504 e. The molecule has 1 spiro atoms. The van der Waals surface area contributed by atoms with Gasteiger partial charge in [-0.3, -0.25) is 0 Å². The van der Waals surface area contributed by atoms with Crippen LogP contribution in [0, 0.1) is 5.92 Å². The minimum absolute atomic E-state index is 0.129. The third-order valence-corrected chi connectivity index (χ3v) is 7.09. The van der Waals surface area contributed by atoms with Gasteiger partial charge in [0.25, 0.3) is 0 Å². The third kappa shape index (κ3) is 1.59. The molecule has 2 bridgehead atoms. The molecule has 1 saturated heterocycles. The van der Waals surface area contributed by atoms with Crippen molar-refractivity contribution in [2.45, 2.75) is 36.5 Å². The quantitative estimate of drug-likeness (QED) is 0.736. The predicted molar refractivity (Wildman–Crippen MR) is 94.9 cm³/mol. The van der Waals surface area contributed by atoms with Crippen molar-refractivity contribution in [3.8, 4) is 11.5 Å². The van der Waals surface area contributed by atoms with Crippen LogP contribution in [0.3, 0.4) is 0 Å². The number of phenols is 1. The Balaban J connectivity index is 1.67. The highest BCUT2D eigenvalue weighted by Gasteiger charge is 2.64. The van der Waals surface area contributed by atoms with Gasteiger partial charge in [-0.2, -0.15) is 0 Å². The monoisotopic (exact) mass is 354 g/mol. The summed E-state index contributed by atoms with van der Waals surface area (Å²) in [5, 5.41) is 21.4. The highest BCUT2D eigenvalue weighted by Crippen LogP contribution is 2.63. The molecule has 1 aromatic carbocycles. The summed E-state index contributed by atoms with van der Waals surface area (Å²) in [6.07, 6.45) is 4.84. The molecule has 0 saturated carbocycles. The van der Waals surface area contributed by atoms with Gasteiger partial charge in [-0.05, 0) is 38.1 Å². The maximum Gasteiger partial charge on any atom is 0.216 e. The average molecular weight is 354 g/mol. The molecule has 26 heavy (non-hydrogen) atoms. The van der Waals surface area contributed by atoms with Gasteiger partial charge in [0, 0.05) is 28.5 Å². The number of rotatable bonds is 1. The molecule has 3 heterocycles. The Kier molecular flexibility index (Phi) is 2.78. The van der Waals surface area contributed by atoms with E-state index in [9.17, 15) is 10.2 Å². The first-order chi connectivity index (χ1) is 12.6. The van der Waals surface area contributed by atoms with Crippen molar-refractivity contribution in [3.63, 3.8) is 0 Å². The normalized spacial score (nSPS) is 39.2. The summed E-state index contributed by atoms with van der Waals surface area (Å²) in [6, 6.07) is 2.09. The molecule has 0 aromatic heterocycles. The molecule has 6 nitrogen and oxygen atoms in total. The summed E-state index contributed by atoms with van der Waals surface area (Å²) in [7, 11) is 2.18. The second-order valence-electron chi connectivity index (χ2n) is 8.14. The first kappa shape index (κ1) is 15.1. The molecule has 0 radical (unpaired) electrons. The van der Waals surface area contributed by atoms with Crippen LogP contribution in [0.2, 0.25) is 0 Å². The van der Waals surface area contributed by atoms with Gasteiger partial charge in [0.1, 0.15) is 18.8 Å². The van der Waals surface area contributed by atoms with Crippen LogP contribution in [-0.4, -0.2) is 66.0 Å². The second-order valence-corrected chi connectivity index (χ2v) is 8.14. The van der Waals surface area contributed by atoms with Crippen LogP contribution in [0.1, 0.15) is 23.1 Å². The number of likely N-dealkylation sites (N-methyl/N-ethyl adjacent to an activating group) is 1. The number of likely N-dealkylation sites (tertiary alicyclic amines) is 1. The molecule has 5 aliphatic rings. The van der Waals surface area contributed by atoms with Crippen LogP contribution in [0.4, 0.5) is 0 Å². The molecule has 1 aromatic rings. The number of aliphatic imine (C=N–C) groups is 1. The minimum atomic E-state index is -0.656. The van der Waals surface area contributed by atoms with Gasteiger partial charge in [0.05, 0.1) is 6.54 Å². The van der Waals surface area contributed by atoms with E-state index in [1.807, 2.05) is 6.08 Å². The lowest BCUT2D eigenvalue weighted by Crippen LogP contribution is -2.64. The number of hydrogen-bond donors (Lipinski definition) is 2. The van der Waals surface area contributed by atoms with Gasteiger partial charge in [0.2, 0.25) is 5.90 Å². The van der Waals surface area contributed by atoms with Crippen LogP contribution in [-0.2, 0) is 16.6 Å². The number of hydrogen-bond acceptors (Lipinski definition) is 6. The van der Waals surface area contributed by atoms with Crippen LogP contribution < -0.4 is 4.74 Å². The number of aliphatic hydroxyl groups excluding tert-OH is 1. The molecule has 3 aliphatic heterocycles. The fourth-order valence-corrected chi connectivity index (χ4v) is 6.01. The van der Waals surface area contributed by atoms with Crippen molar-refractivity contribution in [2.24, 2.45) is 10.9 Å². The highest BCUT2D eigenvalue weighted by molar-refractivity contribution is 5.98. The Bertz CT molecular complexity index is 879. The lowest BCUT2D eigenvalue weighted by Gasteiger charge is -2.56. The summed E-state index contributed by atoms with van der Waals surface area (Å²) in [6.45, 7) is 2.21. The molecule has 136 valence electrons. The fraction of sp³-hybridized carbons (Fsp3) is 0.550. The molecule has 5 atom stereocenters. The third-order valence-electron chi connectivity index (χ3n) is 7.09. The Morgan fingerprint density at radius 2 is 2.23 bits per heavy atom. The number of nitrogens with zero attached hydrogens (tertiary/aromatic N) is 2. The summed E-state index contributed by atoms with van der Waals surface area (Å²) >= 11 is 0. The molecule has 6 heteroatoms. The van der Waals surface area contributed by atoms with Crippen LogP contribution >= 0.6 is 0 Å². The van der Waals surface area contributed by atoms with E-state index in [4.69, 9.17) is 9.47 Å². The zero-order chi connectivity index (χ0) is 17.6. The number of ether oxygens (including phenoxy) is 2. The molecular weight excluding hydrogens is 332 g/mol. The van der Waals surface area contributed by atoms with Gasteiger partial charge in [0.15, 0.2) is 11.5 Å². The van der Waals surface area contributed by atoms with Crippen LogP contribution in [0.15, 0.2) is 23.2 Å². The van der Waals surface area contributed by atoms with Gasteiger partial charge < -0.3 is 24.6 Å². The Morgan fingerprint density at radius 3 is 3.04 bits per heavy atom. The first-order valence-electron chi connectivity index (χ1n) is 9.41. The molecule has 0 amide bonds. The Labute approximate surface area is 151 Å². The number of phenolic OH excluding ortho intramolecular Hbond substituents is 1. The summed E-state index contributed by atoms with van der Waals surface area (Å²) < 4.78 is 12.0. The minimum Gasteiger partial charge on any atom is -0.504 e. The Hall–Kier alpha value is -2.05. The van der Waals surface area contributed by atoms with Crippen LogP contribution in [0.5, 0.6) is 11.5 Å². The summed E-state index contributed by atoms with van der Waals surface area (Å²) in [5.74, 6) is 1.60. The van der Waals surface area contributed by atoms with Gasteiger partial charge in [-0.25, -0.2) is 4.99 Å². The van der Waals surface area contributed by atoms with E-state index in [2.05, 4.69) is 23.0 Å². The van der Waals surface area contributed by atoms with Gasteiger partial charge >= 0.3 is 0 Å². The molecule has 0 unspecified atom stereocenters. The smallest absolute Gasteiger partial charge is 0.216 e. The first-order valence-corrected chi connectivity index (χ1v) is 9.41. The van der Waals surface area contributed by atoms with E-state index in [-0.39, 0.29) is 23.2 Å².